The fourth-order valence-corrected chi connectivity index (χ4v) is 10.2. The molecule has 5 nitrogen and oxygen atoms in total. The van der Waals surface area contributed by atoms with Gasteiger partial charge in [-0.2, -0.15) is 4.31 Å². The van der Waals surface area contributed by atoms with Gasteiger partial charge in [-0.05, 0) is 41.7 Å². The minimum Gasteiger partial charge on any atom is -0.328 e. The van der Waals surface area contributed by atoms with Gasteiger partial charge >= 0.3 is 0 Å². The van der Waals surface area contributed by atoms with Crippen molar-refractivity contribution in [2.24, 2.45) is 16.7 Å². The number of carbonyl (C=O) groups is 1. The Kier molecular flexibility index (Phi) is 4.88. The van der Waals surface area contributed by atoms with Crippen LogP contribution >= 0.6 is 0 Å². The molecule has 178 valence electrons. The van der Waals surface area contributed by atoms with Gasteiger partial charge in [0.2, 0.25) is 15.9 Å². The lowest BCUT2D eigenvalue weighted by atomic mass is 9.68. The number of β-lactam (4-membered cyclic amide) rings is 1. The lowest BCUT2D eigenvalue weighted by Gasteiger charge is -2.51. The van der Waals surface area contributed by atoms with Crippen LogP contribution in [0, 0.1) is 16.7 Å². The molecule has 2 aromatic rings. The summed E-state index contributed by atoms with van der Waals surface area (Å²) in [5, 5.41) is 0. The smallest absolute Gasteiger partial charge is 0.244 e. The molecule has 2 saturated carbocycles. The van der Waals surface area contributed by atoms with Gasteiger partial charge in [-0.3, -0.25) is 4.79 Å². The number of benzene rings is 2. The fraction of sp³-hybridized carbons (Fsp3) is 0.464. The largest absolute Gasteiger partial charge is 0.328 e. The molecule has 2 aromatic carbocycles. The number of amides is 1. The van der Waals surface area contributed by atoms with Crippen LogP contribution in [0.25, 0.3) is 6.08 Å². The van der Waals surface area contributed by atoms with Crippen molar-refractivity contribution in [3.8, 4) is 0 Å². The maximum atomic E-state index is 13.6. The Hall–Kier alpha value is -2.44. The molecule has 0 unspecified atom stereocenters. The summed E-state index contributed by atoms with van der Waals surface area (Å²) in [5.74, 6) is 0.642. The van der Waals surface area contributed by atoms with E-state index in [4.69, 9.17) is 0 Å². The van der Waals surface area contributed by atoms with Crippen molar-refractivity contribution in [2.75, 3.05) is 5.75 Å². The van der Waals surface area contributed by atoms with Gasteiger partial charge in [-0.25, -0.2) is 8.42 Å². The summed E-state index contributed by atoms with van der Waals surface area (Å²) >= 11 is 0. The van der Waals surface area contributed by atoms with E-state index >= 15 is 0 Å². The van der Waals surface area contributed by atoms with Gasteiger partial charge in [0.25, 0.3) is 0 Å². The number of rotatable bonds is 5. The summed E-state index contributed by atoms with van der Waals surface area (Å²) < 4.78 is 28.9. The highest BCUT2D eigenvalue weighted by Gasteiger charge is 2.74. The van der Waals surface area contributed by atoms with E-state index in [1.165, 1.54) is 0 Å². The van der Waals surface area contributed by atoms with Crippen LogP contribution in [-0.2, 0) is 21.4 Å². The first-order valence-electron chi connectivity index (χ1n) is 12.3. The number of nitrogens with zero attached hydrogens (tertiary/aromatic N) is 2. The fourth-order valence-electron chi connectivity index (χ4n) is 7.44. The van der Waals surface area contributed by atoms with Crippen molar-refractivity contribution in [3.05, 3.63) is 77.9 Å². The standard InChI is InChI=1S/C28H32N2O3S/c1-27(2)22-15-16-28(27)19-34(32,33)30(24(28)17-22)25-23(14-13-20-9-5-3-6-10-20)29(26(25)31)18-21-11-7-4-8-12-21/h3-14,22-25H,15-19H2,1-2H3/b14-13+/t22-,23+,24+,25-,28-/m0/s1. The molecule has 6 rings (SSSR count). The zero-order valence-electron chi connectivity index (χ0n) is 19.8. The Morgan fingerprint density at radius 2 is 1.71 bits per heavy atom. The average molecular weight is 477 g/mol. The Morgan fingerprint density at radius 1 is 1.03 bits per heavy atom. The van der Waals surface area contributed by atoms with Gasteiger partial charge in [0.05, 0.1) is 11.8 Å². The number of hydrogen-bond donors (Lipinski definition) is 0. The van der Waals surface area contributed by atoms with Crippen LogP contribution in [0.1, 0.15) is 44.2 Å². The topological polar surface area (TPSA) is 57.7 Å². The number of fused-ring (bicyclic) bond motifs is 1. The van der Waals surface area contributed by atoms with E-state index in [1.54, 1.807) is 4.31 Å². The molecule has 2 bridgehead atoms. The van der Waals surface area contributed by atoms with Crippen molar-refractivity contribution in [1.29, 1.82) is 0 Å². The molecule has 2 aliphatic heterocycles. The number of carbonyl (C=O) groups excluding carboxylic acids is 1. The van der Waals surface area contributed by atoms with Crippen LogP contribution in [0.5, 0.6) is 0 Å². The van der Waals surface area contributed by atoms with Crippen LogP contribution in [0.15, 0.2) is 66.7 Å². The van der Waals surface area contributed by atoms with Crippen molar-refractivity contribution in [3.63, 3.8) is 0 Å². The summed E-state index contributed by atoms with van der Waals surface area (Å²) in [7, 11) is -3.51. The molecule has 1 amide bonds. The molecule has 2 heterocycles. The highest BCUT2D eigenvalue weighted by Crippen LogP contribution is 2.70. The third kappa shape index (κ3) is 3.01. The summed E-state index contributed by atoms with van der Waals surface area (Å²) in [6.07, 6.45) is 6.98. The van der Waals surface area contributed by atoms with Crippen LogP contribution in [0.4, 0.5) is 0 Å². The van der Waals surface area contributed by atoms with Gasteiger partial charge < -0.3 is 4.90 Å². The molecule has 34 heavy (non-hydrogen) atoms. The Morgan fingerprint density at radius 3 is 2.38 bits per heavy atom. The van der Waals surface area contributed by atoms with E-state index < -0.39 is 16.1 Å². The molecular weight excluding hydrogens is 444 g/mol. The summed E-state index contributed by atoms with van der Waals surface area (Å²) in [4.78, 5) is 15.4. The first-order chi connectivity index (χ1) is 16.2. The van der Waals surface area contributed by atoms with Crippen LogP contribution in [0.2, 0.25) is 0 Å². The summed E-state index contributed by atoms with van der Waals surface area (Å²) in [6, 6.07) is 18.9. The molecule has 2 aliphatic carbocycles. The zero-order valence-corrected chi connectivity index (χ0v) is 20.6. The van der Waals surface area contributed by atoms with Crippen LogP contribution in [-0.4, -0.2) is 47.4 Å². The normalized spacial score (nSPS) is 35.6. The molecule has 0 aromatic heterocycles. The molecule has 0 radical (unpaired) electrons. The van der Waals surface area contributed by atoms with Crippen LogP contribution in [0.3, 0.4) is 0 Å². The first kappa shape index (κ1) is 22.1. The monoisotopic (exact) mass is 476 g/mol. The lowest BCUT2D eigenvalue weighted by molar-refractivity contribution is -0.155. The Bertz CT molecular complexity index is 1240. The highest BCUT2D eigenvalue weighted by molar-refractivity contribution is 7.89. The predicted octanol–water partition coefficient (Wildman–Crippen LogP) is 4.32. The van der Waals surface area contributed by atoms with Gasteiger partial charge in [-0.1, -0.05) is 86.7 Å². The van der Waals surface area contributed by atoms with E-state index in [-0.39, 0.29) is 34.6 Å². The minimum atomic E-state index is -3.51. The van der Waals surface area contributed by atoms with Crippen molar-refractivity contribution < 1.29 is 13.2 Å². The molecule has 6 heteroatoms. The second kappa shape index (κ2) is 7.53. The predicted molar refractivity (Wildman–Crippen MR) is 133 cm³/mol. The summed E-state index contributed by atoms with van der Waals surface area (Å²) in [5.41, 5.74) is 1.85. The molecule has 4 fully saturated rings. The molecule has 1 spiro atoms. The molecule has 0 N–H and O–H groups in total. The minimum absolute atomic E-state index is 0.00855. The van der Waals surface area contributed by atoms with E-state index in [2.05, 4.69) is 13.8 Å². The molecular formula is C28H32N2O3S. The third-order valence-corrected chi connectivity index (χ3v) is 11.4. The molecule has 4 aliphatic rings. The number of sulfonamides is 1. The zero-order chi connectivity index (χ0) is 23.7. The average Bonchev–Trinajstić information content (AvgIpc) is 3.30. The van der Waals surface area contributed by atoms with E-state index in [0.29, 0.717) is 12.5 Å². The van der Waals surface area contributed by atoms with E-state index in [0.717, 1.165) is 30.4 Å². The van der Waals surface area contributed by atoms with Gasteiger partial charge in [0.1, 0.15) is 6.04 Å². The van der Waals surface area contributed by atoms with E-state index in [1.807, 2.05) is 77.7 Å². The van der Waals surface area contributed by atoms with Gasteiger partial charge in [-0.15, -0.1) is 0 Å². The number of hydrogen-bond acceptors (Lipinski definition) is 3. The highest BCUT2D eigenvalue weighted by atomic mass is 32.2. The molecule has 2 saturated heterocycles. The van der Waals surface area contributed by atoms with Gasteiger partial charge in [0, 0.05) is 18.0 Å². The first-order valence-corrected chi connectivity index (χ1v) is 13.9. The van der Waals surface area contributed by atoms with Crippen molar-refractivity contribution in [2.45, 2.75) is 57.8 Å². The van der Waals surface area contributed by atoms with Gasteiger partial charge in [0.15, 0.2) is 0 Å². The maximum Gasteiger partial charge on any atom is 0.244 e. The quantitative estimate of drug-likeness (QED) is 0.604. The third-order valence-electron chi connectivity index (χ3n) is 9.43. The van der Waals surface area contributed by atoms with Crippen LogP contribution < -0.4 is 0 Å². The Balaban J connectivity index is 1.36. The molecule has 5 atom stereocenters. The maximum absolute atomic E-state index is 13.6. The second-order valence-electron chi connectivity index (χ2n) is 11.1. The van der Waals surface area contributed by atoms with Crippen molar-refractivity contribution in [1.82, 2.24) is 9.21 Å². The second-order valence-corrected chi connectivity index (χ2v) is 13.0. The lowest BCUT2D eigenvalue weighted by Crippen LogP contribution is -2.71. The number of likely N-dealkylation sites (tertiary alicyclic amines) is 1. The van der Waals surface area contributed by atoms with E-state index in [9.17, 15) is 13.2 Å². The SMILES string of the molecule is CC1(C)[C@H]2CC[C@@]13CS(=O)(=O)N([C@@H]1C(=O)N(Cc4ccccc4)[C@@H]1/C=C/c1ccccc1)[C@@H]3C2. The summed E-state index contributed by atoms with van der Waals surface area (Å²) in [6.45, 7) is 4.99. The Labute approximate surface area is 202 Å². The van der Waals surface area contributed by atoms with Crippen molar-refractivity contribution >= 4 is 22.0 Å².